The van der Waals surface area contributed by atoms with E-state index in [2.05, 4.69) is 9.97 Å². The molecule has 9 heteroatoms. The summed E-state index contributed by atoms with van der Waals surface area (Å²) in [4.78, 5) is 8.95. The average molecular weight is 286 g/mol. The molecule has 3 N–H and O–H groups in total. The third-order valence-corrected chi connectivity index (χ3v) is 2.88. The van der Waals surface area contributed by atoms with Crippen molar-refractivity contribution in [3.05, 3.63) is 11.8 Å². The summed E-state index contributed by atoms with van der Waals surface area (Å²) in [7, 11) is 0. The maximum absolute atomic E-state index is 12.8. The maximum atomic E-state index is 12.8. The molecule has 1 aromatic heterocycles. The van der Waals surface area contributed by atoms with Crippen molar-refractivity contribution < 1.29 is 13.2 Å². The molecule has 2 rings (SSSR count). The number of hydrogen-bond acceptors (Lipinski definition) is 6. The highest BCUT2D eigenvalue weighted by Crippen LogP contribution is 2.34. The number of hydrazine groups is 1. The van der Waals surface area contributed by atoms with E-state index in [1.54, 1.807) is 4.90 Å². The van der Waals surface area contributed by atoms with Crippen molar-refractivity contribution in [1.29, 1.82) is 5.26 Å². The van der Waals surface area contributed by atoms with Crippen LogP contribution in [-0.4, -0.2) is 22.6 Å². The Labute approximate surface area is 113 Å². The molecule has 1 aromatic rings. The number of alkyl halides is 3. The second-order valence-electron chi connectivity index (χ2n) is 4.41. The Morgan fingerprint density at radius 2 is 2.15 bits per heavy atom. The molecular weight excluding hydrogens is 273 g/mol. The fourth-order valence-electron chi connectivity index (χ4n) is 1.83. The van der Waals surface area contributed by atoms with Crippen molar-refractivity contribution in [3.8, 4) is 6.07 Å². The van der Waals surface area contributed by atoms with Crippen LogP contribution in [0, 0.1) is 11.3 Å². The highest BCUT2D eigenvalue weighted by Gasteiger charge is 2.36. The van der Waals surface area contributed by atoms with E-state index in [0.29, 0.717) is 6.54 Å². The number of nitrogen functional groups attached to an aromatic ring is 1. The maximum Gasteiger partial charge on any atom is 0.433 e. The third kappa shape index (κ3) is 3.27. The fourth-order valence-corrected chi connectivity index (χ4v) is 1.83. The first-order valence-corrected chi connectivity index (χ1v) is 6.02. The van der Waals surface area contributed by atoms with Crippen LogP contribution in [0.25, 0.3) is 0 Å². The monoisotopic (exact) mass is 286 g/mol. The summed E-state index contributed by atoms with van der Waals surface area (Å²) in [6.07, 6.45) is -2.61. The van der Waals surface area contributed by atoms with E-state index in [4.69, 9.17) is 11.1 Å². The van der Waals surface area contributed by atoms with Gasteiger partial charge in [0.05, 0.1) is 12.5 Å². The van der Waals surface area contributed by atoms with Gasteiger partial charge in [0.1, 0.15) is 5.82 Å². The van der Waals surface area contributed by atoms with E-state index in [1.807, 2.05) is 11.5 Å². The van der Waals surface area contributed by atoms with Gasteiger partial charge in [-0.3, -0.25) is 5.43 Å². The SMILES string of the molecule is N#CCCN(c1cc(C(F)(F)F)nc(NN)n1)C1CC1. The average Bonchev–Trinajstić information content (AvgIpc) is 3.22. The minimum atomic E-state index is -4.58. The topological polar surface area (TPSA) is 90.9 Å². The number of nitrogens with two attached hydrogens (primary N) is 1. The van der Waals surface area contributed by atoms with Gasteiger partial charge in [-0.2, -0.15) is 23.4 Å². The Hall–Kier alpha value is -2.08. The lowest BCUT2D eigenvalue weighted by Crippen LogP contribution is -2.29. The van der Waals surface area contributed by atoms with Gasteiger partial charge in [0.2, 0.25) is 5.95 Å². The van der Waals surface area contributed by atoms with Gasteiger partial charge in [0, 0.05) is 18.7 Å². The summed E-state index contributed by atoms with van der Waals surface area (Å²) >= 11 is 0. The number of hydrogen-bond donors (Lipinski definition) is 2. The number of nitrogens with zero attached hydrogens (tertiary/aromatic N) is 4. The Morgan fingerprint density at radius 1 is 1.45 bits per heavy atom. The molecular formula is C11H13F3N6. The molecule has 0 atom stereocenters. The molecule has 1 fully saturated rings. The van der Waals surface area contributed by atoms with Gasteiger partial charge >= 0.3 is 6.18 Å². The molecule has 0 bridgehead atoms. The lowest BCUT2D eigenvalue weighted by Gasteiger charge is -2.23. The zero-order chi connectivity index (χ0) is 14.8. The first-order valence-electron chi connectivity index (χ1n) is 6.02. The fraction of sp³-hybridized carbons (Fsp3) is 0.545. The lowest BCUT2D eigenvalue weighted by atomic mass is 10.3. The largest absolute Gasteiger partial charge is 0.433 e. The molecule has 108 valence electrons. The van der Waals surface area contributed by atoms with E-state index in [1.165, 1.54) is 0 Å². The third-order valence-electron chi connectivity index (χ3n) is 2.88. The molecule has 0 saturated heterocycles. The Kier molecular flexibility index (Phi) is 3.94. The van der Waals surface area contributed by atoms with Gasteiger partial charge in [-0.05, 0) is 12.8 Å². The van der Waals surface area contributed by atoms with E-state index in [-0.39, 0.29) is 24.2 Å². The standard InChI is InChI=1S/C11H13F3N6/c12-11(13,14)8-6-9(18-10(17-8)19-16)20(5-1-4-15)7-2-3-7/h6-7H,1-3,5,16H2,(H,17,18,19). The van der Waals surface area contributed by atoms with Gasteiger partial charge in [-0.15, -0.1) is 0 Å². The van der Waals surface area contributed by atoms with E-state index in [9.17, 15) is 13.2 Å². The second-order valence-corrected chi connectivity index (χ2v) is 4.41. The Balaban J connectivity index is 2.35. The highest BCUT2D eigenvalue weighted by molar-refractivity contribution is 5.47. The number of halogens is 3. The van der Waals surface area contributed by atoms with Gasteiger partial charge in [0.25, 0.3) is 0 Å². The van der Waals surface area contributed by atoms with Crippen LogP contribution in [0.3, 0.4) is 0 Å². The first-order chi connectivity index (χ1) is 9.45. The van der Waals surface area contributed by atoms with E-state index >= 15 is 0 Å². The Morgan fingerprint density at radius 3 is 2.65 bits per heavy atom. The minimum Gasteiger partial charge on any atom is -0.352 e. The van der Waals surface area contributed by atoms with Crippen molar-refractivity contribution in [2.75, 3.05) is 16.9 Å². The van der Waals surface area contributed by atoms with E-state index < -0.39 is 11.9 Å². The predicted molar refractivity (Wildman–Crippen MR) is 65.4 cm³/mol. The van der Waals surface area contributed by atoms with Crippen LogP contribution in [0.5, 0.6) is 0 Å². The van der Waals surface area contributed by atoms with Crippen LogP contribution < -0.4 is 16.2 Å². The number of rotatable bonds is 5. The molecule has 0 unspecified atom stereocenters. The summed E-state index contributed by atoms with van der Waals surface area (Å²) < 4.78 is 38.4. The number of anilines is 2. The summed E-state index contributed by atoms with van der Waals surface area (Å²) in [5.41, 5.74) is 0.979. The minimum absolute atomic E-state index is 0.130. The summed E-state index contributed by atoms with van der Waals surface area (Å²) in [6, 6.07) is 2.99. The second kappa shape index (κ2) is 5.50. The van der Waals surface area contributed by atoms with Crippen LogP contribution in [0.2, 0.25) is 0 Å². The molecule has 1 heterocycles. The summed E-state index contributed by atoms with van der Waals surface area (Å²) in [5.74, 6) is 4.95. The molecule has 0 aliphatic heterocycles. The van der Waals surface area contributed by atoms with Crippen molar-refractivity contribution in [2.24, 2.45) is 5.84 Å². The van der Waals surface area contributed by atoms with Gasteiger partial charge < -0.3 is 4.90 Å². The number of aromatic nitrogens is 2. The van der Waals surface area contributed by atoms with Crippen LogP contribution in [0.15, 0.2) is 6.07 Å². The lowest BCUT2D eigenvalue weighted by molar-refractivity contribution is -0.141. The molecule has 1 aliphatic carbocycles. The smallest absolute Gasteiger partial charge is 0.352 e. The van der Waals surface area contributed by atoms with Crippen molar-refractivity contribution in [3.63, 3.8) is 0 Å². The van der Waals surface area contributed by atoms with Crippen molar-refractivity contribution in [2.45, 2.75) is 31.5 Å². The zero-order valence-corrected chi connectivity index (χ0v) is 10.5. The Bertz CT molecular complexity index is 520. The molecule has 0 amide bonds. The summed E-state index contributed by atoms with van der Waals surface area (Å²) in [6.45, 7) is 0.333. The molecule has 0 radical (unpaired) electrons. The first kappa shape index (κ1) is 14.3. The van der Waals surface area contributed by atoms with Gasteiger partial charge in [-0.25, -0.2) is 10.8 Å². The molecule has 0 aromatic carbocycles. The predicted octanol–water partition coefficient (Wildman–Crippen LogP) is 1.66. The normalized spacial score (nSPS) is 14.8. The number of nitrogens with one attached hydrogen (secondary N) is 1. The van der Waals surface area contributed by atoms with Crippen LogP contribution >= 0.6 is 0 Å². The van der Waals surface area contributed by atoms with Gasteiger partial charge in [-0.1, -0.05) is 0 Å². The van der Waals surface area contributed by atoms with Crippen LogP contribution in [0.1, 0.15) is 25.0 Å². The van der Waals surface area contributed by atoms with E-state index in [0.717, 1.165) is 18.9 Å². The molecule has 1 aliphatic rings. The van der Waals surface area contributed by atoms with Gasteiger partial charge in [0.15, 0.2) is 5.69 Å². The molecule has 6 nitrogen and oxygen atoms in total. The number of nitriles is 1. The highest BCUT2D eigenvalue weighted by atomic mass is 19.4. The summed E-state index contributed by atoms with van der Waals surface area (Å²) in [5, 5.41) is 8.63. The van der Waals surface area contributed by atoms with Crippen LogP contribution in [-0.2, 0) is 6.18 Å². The molecule has 1 saturated carbocycles. The van der Waals surface area contributed by atoms with Crippen molar-refractivity contribution >= 4 is 11.8 Å². The van der Waals surface area contributed by atoms with Crippen molar-refractivity contribution in [1.82, 2.24) is 9.97 Å². The zero-order valence-electron chi connectivity index (χ0n) is 10.5. The molecule has 0 spiro atoms. The molecule has 20 heavy (non-hydrogen) atoms. The van der Waals surface area contributed by atoms with Crippen LogP contribution in [0.4, 0.5) is 24.9 Å². The quantitative estimate of drug-likeness (QED) is 0.632.